The molecular weight excluding hydrogens is 322 g/mol. The number of anilines is 2. The SMILES string of the molecule is CCc1ccc(Nc2cncc(C(=O)NCc3cccc(C)c3)c2)cc1. The molecule has 0 unspecified atom stereocenters. The number of hydrogen-bond donors (Lipinski definition) is 2. The minimum absolute atomic E-state index is 0.135. The Morgan fingerprint density at radius 1 is 0.962 bits per heavy atom. The number of nitrogens with zero attached hydrogens (tertiary/aromatic N) is 1. The van der Waals surface area contributed by atoms with Gasteiger partial charge >= 0.3 is 0 Å². The van der Waals surface area contributed by atoms with Gasteiger partial charge in [0.15, 0.2) is 0 Å². The Morgan fingerprint density at radius 2 is 1.77 bits per heavy atom. The lowest BCUT2D eigenvalue weighted by Gasteiger charge is -2.09. The molecule has 0 spiro atoms. The second-order valence-electron chi connectivity index (χ2n) is 6.31. The third kappa shape index (κ3) is 4.70. The van der Waals surface area contributed by atoms with Gasteiger partial charge < -0.3 is 10.6 Å². The van der Waals surface area contributed by atoms with Gasteiger partial charge in [0.25, 0.3) is 5.91 Å². The van der Waals surface area contributed by atoms with Crippen LogP contribution in [-0.4, -0.2) is 10.9 Å². The number of aromatic nitrogens is 1. The molecule has 1 amide bonds. The van der Waals surface area contributed by atoms with E-state index in [1.807, 2.05) is 43.3 Å². The van der Waals surface area contributed by atoms with Crippen molar-refractivity contribution in [1.29, 1.82) is 0 Å². The van der Waals surface area contributed by atoms with E-state index < -0.39 is 0 Å². The van der Waals surface area contributed by atoms with Gasteiger partial charge in [-0.05, 0) is 42.7 Å². The van der Waals surface area contributed by atoms with E-state index in [1.54, 1.807) is 12.4 Å². The van der Waals surface area contributed by atoms with Gasteiger partial charge in [0, 0.05) is 18.4 Å². The molecule has 0 saturated heterocycles. The van der Waals surface area contributed by atoms with Gasteiger partial charge in [-0.1, -0.05) is 48.9 Å². The Kier molecular flexibility index (Phi) is 5.64. The number of aryl methyl sites for hydroxylation is 2. The van der Waals surface area contributed by atoms with Gasteiger partial charge in [0.2, 0.25) is 0 Å². The van der Waals surface area contributed by atoms with E-state index in [0.717, 1.165) is 23.4 Å². The predicted octanol–water partition coefficient (Wildman–Crippen LogP) is 4.63. The molecule has 2 N–H and O–H groups in total. The monoisotopic (exact) mass is 345 g/mol. The summed E-state index contributed by atoms with van der Waals surface area (Å²) in [4.78, 5) is 16.6. The molecule has 0 saturated carbocycles. The third-order valence-electron chi connectivity index (χ3n) is 4.19. The molecule has 4 heteroatoms. The van der Waals surface area contributed by atoms with Crippen LogP contribution in [-0.2, 0) is 13.0 Å². The van der Waals surface area contributed by atoms with Crippen molar-refractivity contribution in [3.05, 3.63) is 89.2 Å². The van der Waals surface area contributed by atoms with E-state index in [2.05, 4.69) is 40.7 Å². The van der Waals surface area contributed by atoms with Crippen LogP contribution in [0.5, 0.6) is 0 Å². The lowest BCUT2D eigenvalue weighted by molar-refractivity contribution is 0.0950. The van der Waals surface area contributed by atoms with Crippen LogP contribution >= 0.6 is 0 Å². The first-order valence-corrected chi connectivity index (χ1v) is 8.79. The Balaban J connectivity index is 1.64. The number of carbonyl (C=O) groups is 1. The number of rotatable bonds is 6. The standard InChI is InChI=1S/C22H23N3O/c1-3-17-7-9-20(10-8-17)25-21-12-19(14-23-15-21)22(26)24-13-18-6-4-5-16(2)11-18/h4-12,14-15,25H,3,13H2,1-2H3,(H,24,26). The molecule has 26 heavy (non-hydrogen) atoms. The quantitative estimate of drug-likeness (QED) is 0.685. The van der Waals surface area contributed by atoms with E-state index in [9.17, 15) is 4.79 Å². The summed E-state index contributed by atoms with van der Waals surface area (Å²) in [5.41, 5.74) is 5.85. The molecule has 4 nitrogen and oxygen atoms in total. The smallest absolute Gasteiger partial charge is 0.253 e. The Bertz CT molecular complexity index is 888. The summed E-state index contributed by atoms with van der Waals surface area (Å²) in [6.45, 7) is 4.67. The summed E-state index contributed by atoms with van der Waals surface area (Å²) in [5.74, 6) is -0.135. The molecule has 0 aliphatic rings. The van der Waals surface area contributed by atoms with Crippen molar-refractivity contribution < 1.29 is 4.79 Å². The largest absolute Gasteiger partial charge is 0.354 e. The van der Waals surface area contributed by atoms with Crippen LogP contribution in [0.25, 0.3) is 0 Å². The van der Waals surface area contributed by atoms with Gasteiger partial charge in [-0.15, -0.1) is 0 Å². The van der Waals surface area contributed by atoms with E-state index in [-0.39, 0.29) is 5.91 Å². The van der Waals surface area contributed by atoms with Crippen molar-refractivity contribution in [2.24, 2.45) is 0 Å². The number of benzene rings is 2. The molecule has 1 aromatic heterocycles. The second-order valence-corrected chi connectivity index (χ2v) is 6.31. The zero-order valence-corrected chi connectivity index (χ0v) is 15.1. The number of pyridine rings is 1. The molecule has 3 aromatic rings. The maximum Gasteiger partial charge on any atom is 0.253 e. The lowest BCUT2D eigenvalue weighted by atomic mass is 10.1. The van der Waals surface area contributed by atoms with Crippen LogP contribution in [0.15, 0.2) is 67.0 Å². The summed E-state index contributed by atoms with van der Waals surface area (Å²) < 4.78 is 0. The zero-order chi connectivity index (χ0) is 18.4. The molecule has 1 heterocycles. The number of carbonyl (C=O) groups excluding carboxylic acids is 1. The summed E-state index contributed by atoms with van der Waals surface area (Å²) in [6.07, 6.45) is 4.31. The topological polar surface area (TPSA) is 54.0 Å². The van der Waals surface area contributed by atoms with Gasteiger partial charge in [-0.25, -0.2) is 0 Å². The maximum atomic E-state index is 12.4. The molecular formula is C22H23N3O. The normalized spacial score (nSPS) is 10.4. The van der Waals surface area contributed by atoms with Gasteiger partial charge in [0.05, 0.1) is 17.4 Å². The molecule has 3 rings (SSSR count). The van der Waals surface area contributed by atoms with Crippen LogP contribution in [0.3, 0.4) is 0 Å². The van der Waals surface area contributed by atoms with Crippen molar-refractivity contribution in [1.82, 2.24) is 10.3 Å². The fourth-order valence-electron chi connectivity index (χ4n) is 2.73. The van der Waals surface area contributed by atoms with Crippen molar-refractivity contribution in [3.63, 3.8) is 0 Å². The minimum Gasteiger partial charge on any atom is -0.354 e. The van der Waals surface area contributed by atoms with Crippen LogP contribution < -0.4 is 10.6 Å². The summed E-state index contributed by atoms with van der Waals surface area (Å²) in [6, 6.07) is 18.2. The zero-order valence-electron chi connectivity index (χ0n) is 15.1. The molecule has 0 aliphatic carbocycles. The average Bonchev–Trinajstić information content (AvgIpc) is 2.67. The van der Waals surface area contributed by atoms with Crippen molar-refractivity contribution in [3.8, 4) is 0 Å². The lowest BCUT2D eigenvalue weighted by Crippen LogP contribution is -2.23. The number of nitrogens with one attached hydrogen (secondary N) is 2. The number of amides is 1. The highest BCUT2D eigenvalue weighted by atomic mass is 16.1. The predicted molar refractivity (Wildman–Crippen MR) is 106 cm³/mol. The summed E-state index contributed by atoms with van der Waals surface area (Å²) >= 11 is 0. The highest BCUT2D eigenvalue weighted by molar-refractivity contribution is 5.94. The fraction of sp³-hybridized carbons (Fsp3) is 0.182. The van der Waals surface area contributed by atoms with E-state index in [4.69, 9.17) is 0 Å². The highest BCUT2D eigenvalue weighted by Gasteiger charge is 2.07. The Hall–Kier alpha value is -3.14. The molecule has 0 bridgehead atoms. The van der Waals surface area contributed by atoms with Crippen LogP contribution in [0, 0.1) is 6.92 Å². The summed E-state index contributed by atoms with van der Waals surface area (Å²) in [5, 5.41) is 6.23. The van der Waals surface area contributed by atoms with Crippen molar-refractivity contribution in [2.75, 3.05) is 5.32 Å². The van der Waals surface area contributed by atoms with Crippen molar-refractivity contribution in [2.45, 2.75) is 26.8 Å². The Morgan fingerprint density at radius 3 is 2.50 bits per heavy atom. The van der Waals surface area contributed by atoms with Gasteiger partial charge in [-0.2, -0.15) is 0 Å². The van der Waals surface area contributed by atoms with Crippen LogP contribution in [0.2, 0.25) is 0 Å². The summed E-state index contributed by atoms with van der Waals surface area (Å²) in [7, 11) is 0. The van der Waals surface area contributed by atoms with Gasteiger partial charge in [-0.3, -0.25) is 9.78 Å². The van der Waals surface area contributed by atoms with E-state index >= 15 is 0 Å². The van der Waals surface area contributed by atoms with Crippen molar-refractivity contribution >= 4 is 17.3 Å². The molecule has 132 valence electrons. The Labute approximate surface area is 154 Å². The first kappa shape index (κ1) is 17.7. The molecule has 0 atom stereocenters. The first-order valence-electron chi connectivity index (χ1n) is 8.79. The second kappa shape index (κ2) is 8.30. The minimum atomic E-state index is -0.135. The molecule has 0 aliphatic heterocycles. The molecule has 0 radical (unpaired) electrons. The van der Waals surface area contributed by atoms with E-state index in [0.29, 0.717) is 12.1 Å². The fourth-order valence-corrected chi connectivity index (χ4v) is 2.73. The van der Waals surface area contributed by atoms with Crippen LogP contribution in [0.4, 0.5) is 11.4 Å². The molecule has 2 aromatic carbocycles. The third-order valence-corrected chi connectivity index (χ3v) is 4.19. The first-order chi connectivity index (χ1) is 12.6. The van der Waals surface area contributed by atoms with Gasteiger partial charge in [0.1, 0.15) is 0 Å². The van der Waals surface area contributed by atoms with E-state index in [1.165, 1.54) is 11.1 Å². The average molecular weight is 345 g/mol. The molecule has 0 fully saturated rings. The highest BCUT2D eigenvalue weighted by Crippen LogP contribution is 2.17. The maximum absolute atomic E-state index is 12.4. The number of hydrogen-bond acceptors (Lipinski definition) is 3. The van der Waals surface area contributed by atoms with Crippen LogP contribution in [0.1, 0.15) is 34.0 Å².